The molecule has 1 aromatic heterocycles. The summed E-state index contributed by atoms with van der Waals surface area (Å²) in [6.07, 6.45) is 7.12. The van der Waals surface area contributed by atoms with Crippen LogP contribution >= 0.6 is 0 Å². The largest absolute Gasteiger partial charge is 0.352 e. The number of aryl methyl sites for hydroxylation is 2. The van der Waals surface area contributed by atoms with E-state index in [1.807, 2.05) is 0 Å². The van der Waals surface area contributed by atoms with Crippen LogP contribution in [0.25, 0.3) is 0 Å². The Hall–Kier alpha value is -3.23. The molecule has 4 unspecified atom stereocenters. The van der Waals surface area contributed by atoms with E-state index in [4.69, 9.17) is 0 Å². The van der Waals surface area contributed by atoms with E-state index < -0.39 is 0 Å². The van der Waals surface area contributed by atoms with Gasteiger partial charge in [-0.05, 0) is 37.3 Å². The van der Waals surface area contributed by atoms with Gasteiger partial charge in [0, 0.05) is 31.3 Å². The maximum absolute atomic E-state index is 12.5. The Morgan fingerprint density at radius 2 is 1.86 bits per heavy atom. The minimum absolute atomic E-state index is 0.0581. The van der Waals surface area contributed by atoms with Crippen molar-refractivity contribution in [1.82, 2.24) is 30.8 Å². The molecular weight excluding hydrogens is 450 g/mol. The van der Waals surface area contributed by atoms with Crippen LogP contribution in [0.2, 0.25) is 0 Å². The smallest absolute Gasteiger partial charge is 0.243 e. The molecule has 2 aliphatic heterocycles. The van der Waals surface area contributed by atoms with Crippen molar-refractivity contribution < 1.29 is 4.79 Å². The van der Waals surface area contributed by atoms with E-state index in [9.17, 15) is 4.79 Å². The van der Waals surface area contributed by atoms with Crippen LogP contribution in [0, 0.1) is 12.8 Å². The van der Waals surface area contributed by atoms with Crippen LogP contribution in [-0.2, 0) is 17.8 Å². The fourth-order valence-corrected chi connectivity index (χ4v) is 6.03. The summed E-state index contributed by atoms with van der Waals surface area (Å²) in [4.78, 5) is 12.5. The highest BCUT2D eigenvalue weighted by Gasteiger charge is 2.48. The van der Waals surface area contributed by atoms with Gasteiger partial charge in [-0.1, -0.05) is 73.0 Å². The molecule has 8 nitrogen and oxygen atoms in total. The van der Waals surface area contributed by atoms with Crippen LogP contribution in [0.1, 0.15) is 73.2 Å². The summed E-state index contributed by atoms with van der Waals surface area (Å²) >= 11 is 0. The second kappa shape index (κ2) is 10.0. The van der Waals surface area contributed by atoms with Gasteiger partial charge in [0.1, 0.15) is 18.2 Å². The van der Waals surface area contributed by atoms with Crippen molar-refractivity contribution in [3.05, 3.63) is 77.1 Å². The van der Waals surface area contributed by atoms with Gasteiger partial charge in [0.15, 0.2) is 0 Å². The molecule has 3 N–H and O–H groups in total. The van der Waals surface area contributed by atoms with E-state index in [0.717, 1.165) is 36.6 Å². The van der Waals surface area contributed by atoms with Crippen LogP contribution in [0.15, 0.2) is 54.6 Å². The van der Waals surface area contributed by atoms with E-state index >= 15 is 0 Å². The molecule has 188 valence electrons. The Labute approximate surface area is 212 Å². The number of carbonyl (C=O) groups is 1. The summed E-state index contributed by atoms with van der Waals surface area (Å²) in [7, 11) is 0. The van der Waals surface area contributed by atoms with Gasteiger partial charge < -0.3 is 5.32 Å². The molecule has 0 spiro atoms. The lowest BCUT2D eigenvalue weighted by Crippen LogP contribution is -2.53. The van der Waals surface area contributed by atoms with Gasteiger partial charge in [0.25, 0.3) is 0 Å². The fraction of sp³-hybridized carbons (Fsp3) is 0.464. The van der Waals surface area contributed by atoms with Crippen molar-refractivity contribution in [2.45, 2.75) is 76.8 Å². The van der Waals surface area contributed by atoms with Crippen molar-refractivity contribution in [3.63, 3.8) is 0 Å². The number of hydrogen-bond acceptors (Lipinski definition) is 6. The summed E-state index contributed by atoms with van der Waals surface area (Å²) in [5, 5.41) is 18.3. The van der Waals surface area contributed by atoms with Gasteiger partial charge in [-0.15, -0.1) is 10.2 Å². The quantitative estimate of drug-likeness (QED) is 0.470. The highest BCUT2D eigenvalue weighted by Crippen LogP contribution is 2.45. The third-order valence-electron chi connectivity index (χ3n) is 7.91. The van der Waals surface area contributed by atoms with Crippen molar-refractivity contribution >= 4 is 11.9 Å². The van der Waals surface area contributed by atoms with Gasteiger partial charge in [-0.2, -0.15) is 0 Å². The second-order valence-electron chi connectivity index (χ2n) is 10.4. The maximum atomic E-state index is 12.5. The van der Waals surface area contributed by atoms with E-state index in [0.29, 0.717) is 24.9 Å². The molecule has 1 amide bonds. The molecule has 3 heterocycles. The van der Waals surface area contributed by atoms with E-state index in [1.165, 1.54) is 30.4 Å². The number of anilines is 1. The lowest BCUT2D eigenvalue weighted by molar-refractivity contribution is -0.121. The Balaban J connectivity index is 1.13. The van der Waals surface area contributed by atoms with Crippen LogP contribution in [0.4, 0.5) is 5.95 Å². The maximum Gasteiger partial charge on any atom is 0.243 e. The number of hydrazine groups is 1. The highest BCUT2D eigenvalue weighted by molar-refractivity contribution is 5.75. The number of carbonyl (C=O) groups excluding carboxylic acids is 1. The summed E-state index contributed by atoms with van der Waals surface area (Å²) in [6, 6.07) is 19.2. The molecule has 0 radical (unpaired) electrons. The van der Waals surface area contributed by atoms with Crippen molar-refractivity contribution in [2.24, 2.45) is 5.92 Å². The molecule has 36 heavy (non-hydrogen) atoms. The third kappa shape index (κ3) is 4.51. The first kappa shape index (κ1) is 23.2. The minimum atomic E-state index is 0.0581. The second-order valence-corrected chi connectivity index (χ2v) is 10.4. The van der Waals surface area contributed by atoms with E-state index in [2.05, 4.69) is 97.4 Å². The van der Waals surface area contributed by atoms with Gasteiger partial charge in [0.2, 0.25) is 11.9 Å². The lowest BCUT2D eigenvalue weighted by Gasteiger charge is -2.44. The predicted octanol–water partition coefficient (Wildman–Crippen LogP) is 3.91. The topological polar surface area (TPSA) is 87.1 Å². The van der Waals surface area contributed by atoms with Crippen LogP contribution in [0.5, 0.6) is 0 Å². The number of aromatic nitrogens is 3. The number of hydrogen-bond donors (Lipinski definition) is 3. The Morgan fingerprint density at radius 1 is 1.06 bits per heavy atom. The molecule has 3 aromatic rings. The number of benzene rings is 2. The van der Waals surface area contributed by atoms with Crippen molar-refractivity contribution in [1.29, 1.82) is 0 Å². The zero-order chi connectivity index (χ0) is 24.5. The minimum Gasteiger partial charge on any atom is -0.352 e. The lowest BCUT2D eigenvalue weighted by atomic mass is 9.81. The molecule has 6 rings (SSSR count). The molecule has 1 aliphatic carbocycles. The van der Waals surface area contributed by atoms with Crippen molar-refractivity contribution in [3.8, 4) is 0 Å². The summed E-state index contributed by atoms with van der Waals surface area (Å²) in [5.74, 6) is 2.48. The predicted molar refractivity (Wildman–Crippen MR) is 139 cm³/mol. The molecule has 3 aliphatic rings. The fourth-order valence-electron chi connectivity index (χ4n) is 6.03. The highest BCUT2D eigenvalue weighted by atomic mass is 16.1. The Bertz CT molecular complexity index is 1190. The molecule has 2 fully saturated rings. The Kier molecular flexibility index (Phi) is 6.46. The molecule has 4 atom stereocenters. The number of rotatable bonds is 7. The third-order valence-corrected chi connectivity index (χ3v) is 7.91. The molecule has 2 aromatic carbocycles. The van der Waals surface area contributed by atoms with Gasteiger partial charge >= 0.3 is 0 Å². The van der Waals surface area contributed by atoms with Gasteiger partial charge in [-0.25, -0.2) is 5.43 Å². The number of nitrogens with one attached hydrogen (secondary N) is 3. The molecule has 1 saturated heterocycles. The van der Waals surface area contributed by atoms with Crippen LogP contribution < -0.4 is 21.1 Å². The van der Waals surface area contributed by atoms with E-state index in [-0.39, 0.29) is 18.2 Å². The van der Waals surface area contributed by atoms with Crippen LogP contribution in [0.3, 0.4) is 0 Å². The molecule has 8 heteroatoms. The van der Waals surface area contributed by atoms with Crippen molar-refractivity contribution in [2.75, 3.05) is 5.01 Å². The van der Waals surface area contributed by atoms with Gasteiger partial charge in [-0.3, -0.25) is 19.7 Å². The molecule has 1 saturated carbocycles. The first-order valence-electron chi connectivity index (χ1n) is 13.3. The van der Waals surface area contributed by atoms with Crippen LogP contribution in [-0.4, -0.2) is 26.8 Å². The zero-order valence-corrected chi connectivity index (χ0v) is 20.9. The van der Waals surface area contributed by atoms with Gasteiger partial charge in [0.05, 0.1) is 0 Å². The number of fused-ring (bicyclic) bond motifs is 6. The molecular formula is C28H35N7O. The SMILES string of the molecule is Cc1ccc(CNC(=O)CCCc2nnc3n2C2CCCCC2C2NC(c4ccccc4)NN32)cc1. The molecule has 0 bridgehead atoms. The standard InChI is InChI=1S/C28H35N7O/c1-19-14-16-20(17-15-19)18-29-25(36)13-7-12-24-31-32-28-34(24)23-11-6-5-10-22(23)27-30-26(33-35(27)28)21-8-3-2-4-9-21/h2-4,8-9,14-17,22-23,26-27,30,33H,5-7,10-13,18H2,1H3,(H,29,36). The Morgan fingerprint density at radius 3 is 2.69 bits per heavy atom. The monoisotopic (exact) mass is 485 g/mol. The average Bonchev–Trinajstić information content (AvgIpc) is 3.54. The summed E-state index contributed by atoms with van der Waals surface area (Å²) < 4.78 is 2.37. The summed E-state index contributed by atoms with van der Waals surface area (Å²) in [6.45, 7) is 2.64. The number of nitrogens with zero attached hydrogens (tertiary/aromatic N) is 4. The van der Waals surface area contributed by atoms with E-state index in [1.54, 1.807) is 0 Å². The first-order chi connectivity index (χ1) is 17.7. The zero-order valence-electron chi connectivity index (χ0n) is 20.9. The number of amides is 1. The summed E-state index contributed by atoms with van der Waals surface area (Å²) in [5.41, 5.74) is 7.23. The first-order valence-corrected chi connectivity index (χ1v) is 13.3. The normalized spacial score (nSPS) is 24.6. The average molecular weight is 486 g/mol.